The fraction of sp³-hybridized carbons (Fsp3) is 0.286. The van der Waals surface area contributed by atoms with E-state index >= 15 is 0 Å². The number of benzene rings is 1. The Balaban J connectivity index is 2.09. The molecule has 1 N–H and O–H groups in total. The van der Waals surface area contributed by atoms with Gasteiger partial charge in [-0.25, -0.2) is 4.98 Å². The molecule has 0 aliphatic heterocycles. The highest BCUT2D eigenvalue weighted by atomic mass is 16.5. The minimum Gasteiger partial charge on any atom is -0.497 e. The number of nitriles is 1. The SMILES string of the molecule is COc1cccc(CCc2[nH]c(C)nc2C#N)c1. The van der Waals surface area contributed by atoms with E-state index in [0.717, 1.165) is 30.1 Å². The molecule has 0 spiro atoms. The summed E-state index contributed by atoms with van der Waals surface area (Å²) in [6.07, 6.45) is 1.63. The van der Waals surface area contributed by atoms with Gasteiger partial charge in [0, 0.05) is 0 Å². The van der Waals surface area contributed by atoms with Crippen molar-refractivity contribution in [1.29, 1.82) is 5.26 Å². The molecule has 4 heteroatoms. The van der Waals surface area contributed by atoms with E-state index in [1.807, 2.05) is 25.1 Å². The first-order valence-corrected chi connectivity index (χ1v) is 5.81. The molecule has 0 aliphatic carbocycles. The molecule has 2 aromatic rings. The van der Waals surface area contributed by atoms with Gasteiger partial charge in [-0.15, -0.1) is 0 Å². The summed E-state index contributed by atoms with van der Waals surface area (Å²) in [4.78, 5) is 7.26. The Kier molecular flexibility index (Phi) is 3.63. The number of hydrogen-bond acceptors (Lipinski definition) is 3. The van der Waals surface area contributed by atoms with Crippen LogP contribution >= 0.6 is 0 Å². The summed E-state index contributed by atoms with van der Waals surface area (Å²) in [5.74, 6) is 1.64. The first-order chi connectivity index (χ1) is 8.72. The maximum Gasteiger partial charge on any atom is 0.161 e. The van der Waals surface area contributed by atoms with Crippen LogP contribution in [-0.2, 0) is 12.8 Å². The Bertz CT molecular complexity index is 581. The van der Waals surface area contributed by atoms with Crippen molar-refractivity contribution in [1.82, 2.24) is 9.97 Å². The molecule has 2 rings (SSSR count). The van der Waals surface area contributed by atoms with Crippen molar-refractivity contribution in [2.45, 2.75) is 19.8 Å². The highest BCUT2D eigenvalue weighted by Crippen LogP contribution is 2.15. The maximum absolute atomic E-state index is 8.96. The lowest BCUT2D eigenvalue weighted by molar-refractivity contribution is 0.414. The first kappa shape index (κ1) is 12.2. The van der Waals surface area contributed by atoms with Crippen LogP contribution in [0.4, 0.5) is 0 Å². The van der Waals surface area contributed by atoms with E-state index in [0.29, 0.717) is 5.69 Å². The third-order valence-electron chi connectivity index (χ3n) is 2.80. The van der Waals surface area contributed by atoms with Crippen molar-refractivity contribution < 1.29 is 4.74 Å². The number of imidazole rings is 1. The van der Waals surface area contributed by atoms with E-state index in [9.17, 15) is 0 Å². The highest BCUT2D eigenvalue weighted by molar-refractivity contribution is 5.31. The van der Waals surface area contributed by atoms with E-state index in [-0.39, 0.29) is 0 Å². The second kappa shape index (κ2) is 5.37. The number of rotatable bonds is 4. The molecule has 0 atom stereocenters. The van der Waals surface area contributed by atoms with Gasteiger partial charge in [-0.3, -0.25) is 0 Å². The van der Waals surface area contributed by atoms with Crippen molar-refractivity contribution in [3.63, 3.8) is 0 Å². The van der Waals surface area contributed by atoms with Gasteiger partial charge in [0.15, 0.2) is 5.69 Å². The van der Waals surface area contributed by atoms with Gasteiger partial charge in [-0.05, 0) is 37.5 Å². The predicted octanol–water partition coefficient (Wildman–Crippen LogP) is 2.38. The highest BCUT2D eigenvalue weighted by Gasteiger charge is 2.07. The van der Waals surface area contributed by atoms with E-state index < -0.39 is 0 Å². The molecule has 4 nitrogen and oxygen atoms in total. The second-order valence-corrected chi connectivity index (χ2v) is 4.11. The Morgan fingerprint density at radius 1 is 1.39 bits per heavy atom. The molecule has 0 radical (unpaired) electrons. The van der Waals surface area contributed by atoms with Crippen molar-refractivity contribution in [2.24, 2.45) is 0 Å². The molecule has 0 unspecified atom stereocenters. The number of aryl methyl sites for hydroxylation is 3. The Hall–Kier alpha value is -2.28. The van der Waals surface area contributed by atoms with Crippen LogP contribution in [0.1, 0.15) is 22.8 Å². The molecule has 18 heavy (non-hydrogen) atoms. The van der Waals surface area contributed by atoms with Crippen molar-refractivity contribution in [3.05, 3.63) is 47.0 Å². The minimum absolute atomic E-state index is 0.496. The summed E-state index contributed by atoms with van der Waals surface area (Å²) < 4.78 is 5.18. The minimum atomic E-state index is 0.496. The van der Waals surface area contributed by atoms with Gasteiger partial charge in [0.1, 0.15) is 17.6 Å². The number of hydrogen-bond donors (Lipinski definition) is 1. The number of ether oxygens (including phenoxy) is 1. The lowest BCUT2D eigenvalue weighted by Gasteiger charge is -2.03. The van der Waals surface area contributed by atoms with Gasteiger partial charge in [-0.1, -0.05) is 12.1 Å². The number of H-pyrrole nitrogens is 1. The molecule has 0 saturated carbocycles. The summed E-state index contributed by atoms with van der Waals surface area (Å²) >= 11 is 0. The topological polar surface area (TPSA) is 61.7 Å². The summed E-state index contributed by atoms with van der Waals surface area (Å²) in [6.45, 7) is 1.86. The molecule has 92 valence electrons. The molecular formula is C14H15N3O. The predicted molar refractivity (Wildman–Crippen MR) is 68.4 cm³/mol. The molecule has 0 bridgehead atoms. The Morgan fingerprint density at radius 2 is 2.22 bits per heavy atom. The largest absolute Gasteiger partial charge is 0.497 e. The van der Waals surface area contributed by atoms with E-state index in [1.54, 1.807) is 7.11 Å². The van der Waals surface area contributed by atoms with Crippen LogP contribution in [0, 0.1) is 18.3 Å². The maximum atomic E-state index is 8.96. The van der Waals surface area contributed by atoms with Crippen LogP contribution in [0.2, 0.25) is 0 Å². The zero-order valence-electron chi connectivity index (χ0n) is 10.5. The Labute approximate surface area is 106 Å². The summed E-state index contributed by atoms with van der Waals surface area (Å²) in [5.41, 5.74) is 2.58. The molecule has 0 aliphatic rings. The fourth-order valence-electron chi connectivity index (χ4n) is 1.91. The van der Waals surface area contributed by atoms with Crippen LogP contribution in [0.15, 0.2) is 24.3 Å². The van der Waals surface area contributed by atoms with Crippen LogP contribution < -0.4 is 4.74 Å². The zero-order chi connectivity index (χ0) is 13.0. The lowest BCUT2D eigenvalue weighted by atomic mass is 10.1. The second-order valence-electron chi connectivity index (χ2n) is 4.11. The number of aromatic nitrogens is 2. The van der Waals surface area contributed by atoms with Crippen LogP contribution in [0.5, 0.6) is 5.75 Å². The van der Waals surface area contributed by atoms with Crippen LogP contribution in [-0.4, -0.2) is 17.1 Å². The molecule has 1 heterocycles. The quantitative estimate of drug-likeness (QED) is 0.894. The van der Waals surface area contributed by atoms with Gasteiger partial charge < -0.3 is 9.72 Å². The van der Waals surface area contributed by atoms with Crippen LogP contribution in [0.25, 0.3) is 0 Å². The molecule has 0 amide bonds. The molecule has 0 saturated heterocycles. The standard InChI is InChI=1S/C14H15N3O/c1-10-16-13(14(9-15)17-10)7-6-11-4-3-5-12(8-11)18-2/h3-5,8H,6-7H2,1-2H3,(H,16,17). The van der Waals surface area contributed by atoms with Gasteiger partial charge in [-0.2, -0.15) is 5.26 Å². The number of nitrogens with zero attached hydrogens (tertiary/aromatic N) is 2. The average Bonchev–Trinajstić information content (AvgIpc) is 2.77. The average molecular weight is 241 g/mol. The molecular weight excluding hydrogens is 226 g/mol. The number of nitrogens with one attached hydrogen (secondary N) is 1. The zero-order valence-corrected chi connectivity index (χ0v) is 10.5. The Morgan fingerprint density at radius 3 is 2.94 bits per heavy atom. The lowest BCUT2D eigenvalue weighted by Crippen LogP contribution is -1.95. The fourth-order valence-corrected chi connectivity index (χ4v) is 1.91. The monoisotopic (exact) mass is 241 g/mol. The summed E-state index contributed by atoms with van der Waals surface area (Å²) in [5, 5.41) is 8.96. The van der Waals surface area contributed by atoms with Gasteiger partial charge in [0.2, 0.25) is 0 Å². The summed E-state index contributed by atoms with van der Waals surface area (Å²) in [6, 6.07) is 10.1. The molecule has 1 aromatic heterocycles. The van der Waals surface area contributed by atoms with E-state index in [2.05, 4.69) is 22.1 Å². The third-order valence-corrected chi connectivity index (χ3v) is 2.80. The van der Waals surface area contributed by atoms with Crippen molar-refractivity contribution >= 4 is 0 Å². The van der Waals surface area contributed by atoms with E-state index in [4.69, 9.17) is 10.00 Å². The third kappa shape index (κ3) is 2.69. The van der Waals surface area contributed by atoms with Crippen molar-refractivity contribution in [3.8, 4) is 11.8 Å². The molecule has 0 fully saturated rings. The first-order valence-electron chi connectivity index (χ1n) is 5.81. The summed E-state index contributed by atoms with van der Waals surface area (Å²) in [7, 11) is 1.66. The number of methoxy groups -OCH3 is 1. The van der Waals surface area contributed by atoms with Crippen molar-refractivity contribution in [2.75, 3.05) is 7.11 Å². The van der Waals surface area contributed by atoms with Gasteiger partial charge in [0.25, 0.3) is 0 Å². The van der Waals surface area contributed by atoms with Gasteiger partial charge in [0.05, 0.1) is 12.8 Å². The van der Waals surface area contributed by atoms with Gasteiger partial charge >= 0.3 is 0 Å². The van der Waals surface area contributed by atoms with E-state index in [1.165, 1.54) is 5.56 Å². The molecule has 1 aromatic carbocycles. The van der Waals surface area contributed by atoms with Crippen LogP contribution in [0.3, 0.4) is 0 Å². The smallest absolute Gasteiger partial charge is 0.161 e. The number of aromatic amines is 1. The normalized spacial score (nSPS) is 10.1.